The Morgan fingerprint density at radius 1 is 1.27 bits per heavy atom. The van der Waals surface area contributed by atoms with Crippen LogP contribution in [0.1, 0.15) is 51.5 Å². The number of likely N-dealkylation sites (tertiary alicyclic amines) is 1. The van der Waals surface area contributed by atoms with Gasteiger partial charge in [-0.3, -0.25) is 0 Å². The fraction of sp³-hybridized carbons (Fsp3) is 0.611. The van der Waals surface area contributed by atoms with Crippen molar-refractivity contribution in [2.75, 3.05) is 25.0 Å². The highest BCUT2D eigenvalue weighted by molar-refractivity contribution is 5.89. The second-order valence-electron chi connectivity index (χ2n) is 6.71. The molecule has 0 aromatic heterocycles. The molecule has 0 aliphatic carbocycles. The molecule has 4 heteroatoms. The van der Waals surface area contributed by atoms with E-state index in [1.807, 2.05) is 17.0 Å². The second-order valence-corrected chi connectivity index (χ2v) is 6.71. The largest absolute Gasteiger partial charge is 0.396 e. The van der Waals surface area contributed by atoms with Crippen molar-refractivity contribution in [3.05, 3.63) is 29.8 Å². The van der Waals surface area contributed by atoms with Crippen molar-refractivity contribution in [1.29, 1.82) is 0 Å². The third-order valence-corrected chi connectivity index (χ3v) is 5.03. The van der Waals surface area contributed by atoms with E-state index in [1.165, 1.54) is 5.56 Å². The van der Waals surface area contributed by atoms with Crippen LogP contribution in [0.15, 0.2) is 24.3 Å². The SMILES string of the molecule is CCC1(CO)CCN(C(=O)Nc2ccc(C(C)C)cc2)CC1. The van der Waals surface area contributed by atoms with Crippen molar-refractivity contribution >= 4 is 11.7 Å². The van der Waals surface area contributed by atoms with Crippen molar-refractivity contribution in [2.24, 2.45) is 5.41 Å². The van der Waals surface area contributed by atoms with Gasteiger partial charge in [0.25, 0.3) is 0 Å². The summed E-state index contributed by atoms with van der Waals surface area (Å²) in [6.07, 6.45) is 2.72. The van der Waals surface area contributed by atoms with Crippen molar-refractivity contribution in [2.45, 2.75) is 46.0 Å². The molecule has 1 aromatic rings. The molecule has 2 N–H and O–H groups in total. The smallest absolute Gasteiger partial charge is 0.321 e. The van der Waals surface area contributed by atoms with Gasteiger partial charge in [0.15, 0.2) is 0 Å². The van der Waals surface area contributed by atoms with Gasteiger partial charge in [-0.05, 0) is 48.3 Å². The minimum atomic E-state index is -0.0417. The average molecular weight is 304 g/mol. The molecule has 1 fully saturated rings. The summed E-state index contributed by atoms with van der Waals surface area (Å²) in [5, 5.41) is 12.5. The van der Waals surface area contributed by atoms with Crippen LogP contribution in [0.5, 0.6) is 0 Å². The molecule has 1 saturated heterocycles. The van der Waals surface area contributed by atoms with Crippen LogP contribution in [-0.4, -0.2) is 35.7 Å². The summed E-state index contributed by atoms with van der Waals surface area (Å²) < 4.78 is 0. The van der Waals surface area contributed by atoms with E-state index in [9.17, 15) is 9.90 Å². The minimum Gasteiger partial charge on any atom is -0.396 e. The maximum absolute atomic E-state index is 12.3. The molecular formula is C18H28N2O2. The molecule has 1 heterocycles. The highest BCUT2D eigenvalue weighted by atomic mass is 16.3. The van der Waals surface area contributed by atoms with Crippen molar-refractivity contribution in [1.82, 2.24) is 4.90 Å². The first-order valence-corrected chi connectivity index (χ1v) is 8.26. The zero-order valence-corrected chi connectivity index (χ0v) is 13.9. The van der Waals surface area contributed by atoms with E-state index < -0.39 is 0 Å². The Bertz CT molecular complexity index is 482. The van der Waals surface area contributed by atoms with Gasteiger partial charge in [0.1, 0.15) is 0 Å². The maximum atomic E-state index is 12.3. The van der Waals surface area contributed by atoms with E-state index >= 15 is 0 Å². The van der Waals surface area contributed by atoms with E-state index in [-0.39, 0.29) is 18.1 Å². The topological polar surface area (TPSA) is 52.6 Å². The Morgan fingerprint density at radius 3 is 2.32 bits per heavy atom. The molecule has 122 valence electrons. The molecule has 2 amide bonds. The molecule has 1 aliphatic heterocycles. The first-order chi connectivity index (χ1) is 10.5. The summed E-state index contributed by atoms with van der Waals surface area (Å²) in [5.74, 6) is 0.493. The standard InChI is InChI=1S/C18H28N2O2/c1-4-18(13-21)9-11-20(12-10-18)17(22)19-16-7-5-15(6-8-16)14(2)3/h5-8,14,21H,4,9-13H2,1-3H3,(H,19,22). The molecule has 22 heavy (non-hydrogen) atoms. The van der Waals surface area contributed by atoms with Crippen molar-refractivity contribution in [3.63, 3.8) is 0 Å². The van der Waals surface area contributed by atoms with Gasteiger partial charge in [0, 0.05) is 25.4 Å². The number of anilines is 1. The number of rotatable bonds is 4. The molecule has 0 atom stereocenters. The molecular weight excluding hydrogens is 276 g/mol. The van der Waals surface area contributed by atoms with E-state index in [0.29, 0.717) is 19.0 Å². The molecule has 4 nitrogen and oxygen atoms in total. The number of carbonyl (C=O) groups excluding carboxylic acids is 1. The molecule has 0 unspecified atom stereocenters. The van der Waals surface area contributed by atoms with Crippen molar-refractivity contribution in [3.8, 4) is 0 Å². The van der Waals surface area contributed by atoms with E-state index in [1.54, 1.807) is 0 Å². The zero-order chi connectivity index (χ0) is 16.2. The number of nitrogens with zero attached hydrogens (tertiary/aromatic N) is 1. The number of aliphatic hydroxyl groups is 1. The Balaban J connectivity index is 1.90. The molecule has 0 saturated carbocycles. The molecule has 1 aromatic carbocycles. The lowest BCUT2D eigenvalue weighted by Gasteiger charge is -2.40. The summed E-state index contributed by atoms with van der Waals surface area (Å²) in [5.41, 5.74) is 2.12. The Hall–Kier alpha value is -1.55. The Labute approximate surface area is 133 Å². The van der Waals surface area contributed by atoms with Crippen LogP contribution in [0, 0.1) is 5.41 Å². The predicted octanol–water partition coefficient (Wildman–Crippen LogP) is 3.83. The zero-order valence-electron chi connectivity index (χ0n) is 13.9. The van der Waals surface area contributed by atoms with E-state index in [0.717, 1.165) is 24.9 Å². The fourth-order valence-corrected chi connectivity index (χ4v) is 2.96. The van der Waals surface area contributed by atoms with E-state index in [2.05, 4.69) is 38.2 Å². The Kier molecular flexibility index (Phi) is 5.46. The van der Waals surface area contributed by atoms with Gasteiger partial charge < -0.3 is 15.3 Å². The van der Waals surface area contributed by atoms with Crippen LogP contribution in [0.3, 0.4) is 0 Å². The number of hydrogen-bond donors (Lipinski definition) is 2. The van der Waals surface area contributed by atoms with Crippen LogP contribution in [0.4, 0.5) is 10.5 Å². The van der Waals surface area contributed by atoms with Gasteiger partial charge in [0.2, 0.25) is 0 Å². The number of benzene rings is 1. The average Bonchev–Trinajstić information content (AvgIpc) is 2.55. The quantitative estimate of drug-likeness (QED) is 0.888. The lowest BCUT2D eigenvalue weighted by Crippen LogP contribution is -2.46. The predicted molar refractivity (Wildman–Crippen MR) is 90.2 cm³/mol. The van der Waals surface area contributed by atoms with E-state index in [4.69, 9.17) is 0 Å². The number of amides is 2. The van der Waals surface area contributed by atoms with Crippen molar-refractivity contribution < 1.29 is 9.90 Å². The third kappa shape index (κ3) is 3.80. The molecule has 0 spiro atoms. The highest BCUT2D eigenvalue weighted by Gasteiger charge is 2.33. The maximum Gasteiger partial charge on any atom is 0.321 e. The Morgan fingerprint density at radius 2 is 1.86 bits per heavy atom. The molecule has 2 rings (SSSR count). The van der Waals surface area contributed by atoms with Crippen LogP contribution in [0.25, 0.3) is 0 Å². The molecule has 0 radical (unpaired) electrons. The monoisotopic (exact) mass is 304 g/mol. The van der Waals surface area contributed by atoms with Gasteiger partial charge in [-0.1, -0.05) is 32.9 Å². The third-order valence-electron chi connectivity index (χ3n) is 5.03. The lowest BCUT2D eigenvalue weighted by atomic mass is 9.77. The van der Waals surface area contributed by atoms with Gasteiger partial charge in [-0.2, -0.15) is 0 Å². The number of nitrogens with one attached hydrogen (secondary N) is 1. The first kappa shape index (κ1) is 16.8. The lowest BCUT2D eigenvalue weighted by molar-refractivity contribution is 0.0542. The summed E-state index contributed by atoms with van der Waals surface area (Å²) >= 11 is 0. The number of hydrogen-bond acceptors (Lipinski definition) is 2. The molecule has 1 aliphatic rings. The summed E-state index contributed by atoms with van der Waals surface area (Å²) in [6.45, 7) is 8.07. The minimum absolute atomic E-state index is 0.00962. The fourth-order valence-electron chi connectivity index (χ4n) is 2.96. The summed E-state index contributed by atoms with van der Waals surface area (Å²) in [4.78, 5) is 14.2. The normalized spacial score (nSPS) is 17.6. The first-order valence-electron chi connectivity index (χ1n) is 8.26. The number of aliphatic hydroxyl groups excluding tert-OH is 1. The summed E-state index contributed by atoms with van der Waals surface area (Å²) in [7, 11) is 0. The number of carbonyl (C=O) groups is 1. The van der Waals surface area contributed by atoms with Crippen LogP contribution >= 0.6 is 0 Å². The summed E-state index contributed by atoms with van der Waals surface area (Å²) in [6, 6.07) is 8.00. The van der Waals surface area contributed by atoms with Gasteiger partial charge in [-0.15, -0.1) is 0 Å². The second kappa shape index (κ2) is 7.14. The number of piperidine rings is 1. The van der Waals surface area contributed by atoms with Gasteiger partial charge in [-0.25, -0.2) is 4.79 Å². The number of urea groups is 1. The van der Waals surface area contributed by atoms with Crippen LogP contribution in [-0.2, 0) is 0 Å². The highest BCUT2D eigenvalue weighted by Crippen LogP contribution is 2.34. The van der Waals surface area contributed by atoms with Gasteiger partial charge in [0.05, 0.1) is 0 Å². The van der Waals surface area contributed by atoms with Crippen LogP contribution in [0.2, 0.25) is 0 Å². The van der Waals surface area contributed by atoms with Gasteiger partial charge >= 0.3 is 6.03 Å². The van der Waals surface area contributed by atoms with Crippen LogP contribution < -0.4 is 5.32 Å². The molecule has 0 bridgehead atoms.